The van der Waals surface area contributed by atoms with Crippen LogP contribution >= 0.6 is 23.1 Å². The van der Waals surface area contributed by atoms with Crippen LogP contribution in [0.1, 0.15) is 0 Å². The van der Waals surface area contributed by atoms with Gasteiger partial charge in [0.1, 0.15) is 0 Å². The zero-order valence-corrected chi connectivity index (χ0v) is 27.4. The van der Waals surface area contributed by atoms with E-state index in [0.29, 0.717) is 0 Å². The average Bonchev–Trinajstić information content (AvgIpc) is 3.52. The number of thiophene rings is 1. The lowest BCUT2D eigenvalue weighted by Gasteiger charge is -2.33. The molecule has 0 saturated carbocycles. The summed E-state index contributed by atoms with van der Waals surface area (Å²) in [6.45, 7) is 0. The van der Waals surface area contributed by atoms with Crippen LogP contribution in [0.2, 0.25) is 0 Å². The van der Waals surface area contributed by atoms with Crippen molar-refractivity contribution in [1.82, 2.24) is 0 Å². The van der Waals surface area contributed by atoms with Gasteiger partial charge < -0.3 is 9.80 Å². The molecule has 0 saturated heterocycles. The fraction of sp³-hybridized carbons (Fsp3) is 0.0233. The Bertz CT molecular complexity index is 2390. The van der Waals surface area contributed by atoms with Crippen molar-refractivity contribution in [2.24, 2.45) is 0 Å². The van der Waals surface area contributed by atoms with Crippen molar-refractivity contribution >= 4 is 71.7 Å². The third-order valence-corrected chi connectivity index (χ3v) is 11.4. The quantitative estimate of drug-likeness (QED) is 0.185. The molecule has 224 valence electrons. The first-order chi connectivity index (χ1) is 23.2. The minimum absolute atomic E-state index is 1.16. The third kappa shape index (κ3) is 4.98. The van der Waals surface area contributed by atoms with Crippen LogP contribution in [-0.4, -0.2) is 7.05 Å². The molecule has 0 fully saturated rings. The van der Waals surface area contributed by atoms with Gasteiger partial charge in [-0.15, -0.1) is 11.3 Å². The number of anilines is 5. The molecule has 8 aromatic rings. The molecule has 0 unspecified atom stereocenters. The number of nitrogens with zero attached hydrogens (tertiary/aromatic N) is 2. The molecule has 1 aromatic heterocycles. The molecule has 0 spiro atoms. The first kappa shape index (κ1) is 28.0. The number of hydrogen-bond acceptors (Lipinski definition) is 4. The van der Waals surface area contributed by atoms with Gasteiger partial charge in [0.25, 0.3) is 0 Å². The van der Waals surface area contributed by atoms with Gasteiger partial charge in [-0.2, -0.15) is 0 Å². The molecule has 0 aliphatic carbocycles. The van der Waals surface area contributed by atoms with Crippen molar-refractivity contribution in [2.75, 3.05) is 16.8 Å². The molecule has 0 radical (unpaired) electrons. The normalized spacial score (nSPS) is 12.2. The molecule has 0 atom stereocenters. The Labute approximate surface area is 283 Å². The molecular formula is C43H30N2S2. The summed E-state index contributed by atoms with van der Waals surface area (Å²) in [5.74, 6) is 0. The van der Waals surface area contributed by atoms with Crippen molar-refractivity contribution in [1.29, 1.82) is 0 Å². The van der Waals surface area contributed by atoms with E-state index < -0.39 is 0 Å². The zero-order chi connectivity index (χ0) is 31.3. The van der Waals surface area contributed by atoms with Crippen molar-refractivity contribution < 1.29 is 0 Å². The van der Waals surface area contributed by atoms with Gasteiger partial charge in [0.2, 0.25) is 0 Å². The molecule has 1 aliphatic rings. The highest BCUT2D eigenvalue weighted by atomic mass is 32.2. The highest BCUT2D eigenvalue weighted by molar-refractivity contribution is 7.99. The standard InChI is InChI=1S/C43H30N2S2/c1-44(33-21-15-29(16-22-33)31-20-26-41-37(27-31)36-11-5-7-13-40(36)46-41)34-23-17-30(18-24-34)32-19-25-39-43(28-32)47-42-14-8-6-12-38(42)45(39)35-9-3-2-4-10-35/h2-28H,1H3. The van der Waals surface area contributed by atoms with Crippen LogP contribution in [0, 0.1) is 0 Å². The maximum Gasteiger partial charge on any atom is 0.0602 e. The fourth-order valence-electron chi connectivity index (χ4n) is 6.60. The fourth-order valence-corrected chi connectivity index (χ4v) is 8.79. The van der Waals surface area contributed by atoms with Crippen molar-refractivity contribution in [2.45, 2.75) is 9.79 Å². The summed E-state index contributed by atoms with van der Waals surface area (Å²) < 4.78 is 2.68. The molecule has 0 bridgehead atoms. The second-order valence-corrected chi connectivity index (χ2v) is 14.1. The number of rotatable bonds is 5. The molecule has 0 amide bonds. The zero-order valence-electron chi connectivity index (χ0n) is 25.8. The number of benzene rings is 7. The maximum absolute atomic E-state index is 2.37. The maximum atomic E-state index is 2.37. The molecule has 2 nitrogen and oxygen atoms in total. The van der Waals surface area contributed by atoms with E-state index in [-0.39, 0.29) is 0 Å². The Hall–Kier alpha value is -5.29. The highest BCUT2D eigenvalue weighted by Crippen LogP contribution is 2.52. The smallest absolute Gasteiger partial charge is 0.0602 e. The van der Waals surface area contributed by atoms with Gasteiger partial charge in [0, 0.05) is 54.1 Å². The molecular weight excluding hydrogens is 609 g/mol. The van der Waals surface area contributed by atoms with E-state index in [4.69, 9.17) is 0 Å². The minimum Gasteiger partial charge on any atom is -0.345 e. The van der Waals surface area contributed by atoms with Crippen LogP contribution in [0.25, 0.3) is 42.4 Å². The van der Waals surface area contributed by atoms with Crippen LogP contribution in [0.5, 0.6) is 0 Å². The van der Waals surface area contributed by atoms with Gasteiger partial charge in [-0.25, -0.2) is 0 Å². The molecule has 4 heteroatoms. The van der Waals surface area contributed by atoms with Crippen LogP contribution < -0.4 is 9.80 Å². The van der Waals surface area contributed by atoms with Crippen LogP contribution in [0.3, 0.4) is 0 Å². The van der Waals surface area contributed by atoms with Crippen molar-refractivity contribution in [3.05, 3.63) is 164 Å². The number of para-hydroxylation sites is 2. The average molecular weight is 639 g/mol. The molecule has 1 aliphatic heterocycles. The van der Waals surface area contributed by atoms with Gasteiger partial charge in [-0.05, 0) is 101 Å². The summed E-state index contributed by atoms with van der Waals surface area (Å²) in [7, 11) is 2.14. The van der Waals surface area contributed by atoms with Gasteiger partial charge in [0.15, 0.2) is 0 Å². The topological polar surface area (TPSA) is 6.48 Å². The summed E-state index contributed by atoms with van der Waals surface area (Å²) in [6.07, 6.45) is 0. The van der Waals surface area contributed by atoms with Crippen LogP contribution in [0.4, 0.5) is 28.4 Å². The second-order valence-electron chi connectivity index (χ2n) is 11.9. The van der Waals surface area contributed by atoms with E-state index in [1.807, 2.05) is 23.1 Å². The summed E-state index contributed by atoms with van der Waals surface area (Å²) >= 11 is 3.71. The van der Waals surface area contributed by atoms with Crippen LogP contribution in [-0.2, 0) is 0 Å². The summed E-state index contributed by atoms with van der Waals surface area (Å²) in [5, 5.41) is 2.67. The van der Waals surface area contributed by atoms with E-state index in [9.17, 15) is 0 Å². The molecule has 47 heavy (non-hydrogen) atoms. The predicted octanol–water partition coefficient (Wildman–Crippen LogP) is 13.1. The van der Waals surface area contributed by atoms with E-state index in [0.717, 1.165) is 11.4 Å². The van der Waals surface area contributed by atoms with Crippen molar-refractivity contribution in [3.63, 3.8) is 0 Å². The predicted molar refractivity (Wildman–Crippen MR) is 204 cm³/mol. The molecule has 7 aromatic carbocycles. The first-order valence-corrected chi connectivity index (χ1v) is 17.4. The lowest BCUT2D eigenvalue weighted by Crippen LogP contribution is -2.14. The van der Waals surface area contributed by atoms with Crippen molar-refractivity contribution in [3.8, 4) is 22.3 Å². The van der Waals surface area contributed by atoms with E-state index >= 15 is 0 Å². The molecule has 9 rings (SSSR count). The number of fused-ring (bicyclic) bond motifs is 5. The summed E-state index contributed by atoms with van der Waals surface area (Å²) in [5.41, 5.74) is 10.8. The Balaban J connectivity index is 0.969. The van der Waals surface area contributed by atoms with Gasteiger partial charge in [0.05, 0.1) is 11.4 Å². The van der Waals surface area contributed by atoms with Gasteiger partial charge >= 0.3 is 0 Å². The summed E-state index contributed by atoms with van der Waals surface area (Å²) in [4.78, 5) is 7.15. The third-order valence-electron chi connectivity index (χ3n) is 9.09. The SMILES string of the molecule is CN(c1ccc(-c2ccc3c(c2)Sc2ccccc2N3c2ccccc2)cc1)c1ccc(-c2ccc3sc4ccccc4c3c2)cc1. The lowest BCUT2D eigenvalue weighted by atomic mass is 10.0. The monoisotopic (exact) mass is 638 g/mol. The van der Waals surface area contributed by atoms with Gasteiger partial charge in [-0.1, -0.05) is 96.7 Å². The first-order valence-electron chi connectivity index (χ1n) is 15.8. The van der Waals surface area contributed by atoms with Gasteiger partial charge in [-0.3, -0.25) is 0 Å². The molecule has 2 heterocycles. The van der Waals surface area contributed by atoms with Crippen LogP contribution in [0.15, 0.2) is 174 Å². The second kappa shape index (κ2) is 11.5. The number of hydrogen-bond donors (Lipinski definition) is 0. The van der Waals surface area contributed by atoms with E-state index in [2.05, 4.69) is 181 Å². The minimum atomic E-state index is 1.16. The Kier molecular flexibility index (Phi) is 6.85. The summed E-state index contributed by atoms with van der Waals surface area (Å²) in [6, 6.07) is 59.5. The lowest BCUT2D eigenvalue weighted by molar-refractivity contribution is 1.17. The highest BCUT2D eigenvalue weighted by Gasteiger charge is 2.25. The Morgan fingerprint density at radius 1 is 0.447 bits per heavy atom. The Morgan fingerprint density at radius 3 is 1.79 bits per heavy atom. The largest absolute Gasteiger partial charge is 0.345 e. The molecule has 0 N–H and O–H groups in total. The Morgan fingerprint density at radius 2 is 1.02 bits per heavy atom. The van der Waals surface area contributed by atoms with E-state index in [1.54, 1.807) is 0 Å². The van der Waals surface area contributed by atoms with E-state index in [1.165, 1.54) is 69.3 Å².